The number of hydrogen-bond acceptors (Lipinski definition) is 8. The molecule has 0 N–H and O–H groups in total. The van der Waals surface area contributed by atoms with Crippen molar-refractivity contribution in [1.29, 1.82) is 0 Å². The normalized spacial score (nSPS) is 19.1. The van der Waals surface area contributed by atoms with Crippen LogP contribution >= 0.6 is 0 Å². The summed E-state index contributed by atoms with van der Waals surface area (Å²) in [5.74, 6) is 1.50. The lowest BCUT2D eigenvalue weighted by molar-refractivity contribution is -0.138. The first kappa shape index (κ1) is 23.9. The van der Waals surface area contributed by atoms with Gasteiger partial charge in [-0.1, -0.05) is 6.07 Å². The molecule has 0 aliphatic carbocycles. The van der Waals surface area contributed by atoms with Crippen LogP contribution in [0.2, 0.25) is 0 Å². The highest BCUT2D eigenvalue weighted by Crippen LogP contribution is 2.30. The smallest absolute Gasteiger partial charge is 0.245 e. The average molecular weight is 502 g/mol. The van der Waals surface area contributed by atoms with Crippen LogP contribution in [-0.4, -0.2) is 74.8 Å². The number of amides is 1. The minimum absolute atomic E-state index is 0.0939. The molecule has 0 atom stereocenters. The van der Waals surface area contributed by atoms with Gasteiger partial charge in [-0.2, -0.15) is 4.31 Å². The molecule has 1 amide bonds. The molecule has 188 valence electrons. The molecule has 0 saturated carbocycles. The third-order valence-electron chi connectivity index (χ3n) is 7.27. The predicted molar refractivity (Wildman–Crippen MR) is 127 cm³/mol. The fourth-order valence-corrected chi connectivity index (χ4v) is 6.80. The molecule has 2 aliphatic rings. The van der Waals surface area contributed by atoms with E-state index in [4.69, 9.17) is 4.63 Å². The number of rotatable bonds is 6. The molecule has 1 aromatic carbocycles. The lowest BCUT2D eigenvalue weighted by Crippen LogP contribution is -2.46. The molecule has 0 spiro atoms. The number of carbonyl (C=O) groups is 1. The molecule has 4 heterocycles. The summed E-state index contributed by atoms with van der Waals surface area (Å²) in [7, 11) is -3.74. The summed E-state index contributed by atoms with van der Waals surface area (Å²) >= 11 is 0. The zero-order chi connectivity index (χ0) is 24.6. The Hall–Kier alpha value is -2.86. The number of carbonyl (C=O) groups excluding carboxylic acids is 1. The van der Waals surface area contributed by atoms with Crippen molar-refractivity contribution in [3.63, 3.8) is 0 Å². The Balaban J connectivity index is 1.15. The van der Waals surface area contributed by atoms with E-state index >= 15 is 0 Å². The van der Waals surface area contributed by atoms with E-state index in [0.29, 0.717) is 43.4 Å². The van der Waals surface area contributed by atoms with E-state index in [0.717, 1.165) is 38.2 Å². The van der Waals surface area contributed by atoms with Crippen LogP contribution in [0.1, 0.15) is 51.4 Å². The zero-order valence-corrected chi connectivity index (χ0v) is 20.9. The maximum Gasteiger partial charge on any atom is 0.245 e. The van der Waals surface area contributed by atoms with Crippen molar-refractivity contribution < 1.29 is 17.8 Å². The molecule has 0 unspecified atom stereocenters. The van der Waals surface area contributed by atoms with Gasteiger partial charge in [0.25, 0.3) is 0 Å². The average Bonchev–Trinajstić information content (AvgIpc) is 3.53. The SMILES string of the molecule is CC(C)n1cnnc1CC1CCN(C(=O)C2CCN(S(=O)(=O)c3cccc4nonc34)CC2)CC1. The van der Waals surface area contributed by atoms with Gasteiger partial charge < -0.3 is 9.47 Å². The number of hydrogen-bond donors (Lipinski definition) is 0. The molecule has 2 saturated heterocycles. The summed E-state index contributed by atoms with van der Waals surface area (Å²) in [6, 6.07) is 5.14. The van der Waals surface area contributed by atoms with Gasteiger partial charge in [0.05, 0.1) is 0 Å². The van der Waals surface area contributed by atoms with Crippen LogP contribution in [0.25, 0.3) is 11.0 Å². The van der Waals surface area contributed by atoms with Crippen molar-refractivity contribution in [2.24, 2.45) is 11.8 Å². The first-order chi connectivity index (χ1) is 16.8. The minimum atomic E-state index is -3.74. The highest BCUT2D eigenvalue weighted by atomic mass is 32.2. The van der Waals surface area contributed by atoms with Gasteiger partial charge in [-0.15, -0.1) is 10.2 Å². The van der Waals surface area contributed by atoms with Crippen LogP contribution in [0.3, 0.4) is 0 Å². The van der Waals surface area contributed by atoms with Gasteiger partial charge in [0.15, 0.2) is 5.52 Å². The van der Waals surface area contributed by atoms with E-state index in [2.05, 4.69) is 38.9 Å². The van der Waals surface area contributed by atoms with Crippen molar-refractivity contribution in [2.75, 3.05) is 26.2 Å². The van der Waals surface area contributed by atoms with Gasteiger partial charge in [0.1, 0.15) is 22.6 Å². The summed E-state index contributed by atoms with van der Waals surface area (Å²) in [6.07, 6.45) is 5.59. The maximum atomic E-state index is 13.2. The molecule has 0 radical (unpaired) electrons. The highest BCUT2D eigenvalue weighted by molar-refractivity contribution is 7.89. The molecular formula is C23H31N7O4S. The van der Waals surface area contributed by atoms with Gasteiger partial charge in [-0.05, 0) is 67.9 Å². The molecule has 5 rings (SSSR count). The molecule has 35 heavy (non-hydrogen) atoms. The zero-order valence-electron chi connectivity index (χ0n) is 20.1. The number of sulfonamides is 1. The molecule has 0 bridgehead atoms. The van der Waals surface area contributed by atoms with Crippen molar-refractivity contribution in [1.82, 2.24) is 34.3 Å². The van der Waals surface area contributed by atoms with E-state index < -0.39 is 10.0 Å². The van der Waals surface area contributed by atoms with Gasteiger partial charge in [-0.25, -0.2) is 13.0 Å². The molecule has 2 aromatic heterocycles. The van der Waals surface area contributed by atoms with E-state index in [9.17, 15) is 13.2 Å². The van der Waals surface area contributed by atoms with Crippen molar-refractivity contribution in [3.05, 3.63) is 30.4 Å². The van der Waals surface area contributed by atoms with Crippen molar-refractivity contribution >= 4 is 27.0 Å². The largest absolute Gasteiger partial charge is 0.342 e. The third-order valence-corrected chi connectivity index (χ3v) is 9.20. The predicted octanol–water partition coefficient (Wildman–Crippen LogP) is 2.28. The van der Waals surface area contributed by atoms with E-state index in [1.54, 1.807) is 18.5 Å². The molecule has 3 aromatic rings. The molecule has 2 aliphatic heterocycles. The Morgan fingerprint density at radius 1 is 1.09 bits per heavy atom. The van der Waals surface area contributed by atoms with Gasteiger partial charge in [0, 0.05) is 44.6 Å². The van der Waals surface area contributed by atoms with Crippen LogP contribution in [0.5, 0.6) is 0 Å². The lowest BCUT2D eigenvalue weighted by Gasteiger charge is -2.37. The second-order valence-corrected chi connectivity index (χ2v) is 11.7. The summed E-state index contributed by atoms with van der Waals surface area (Å²) in [4.78, 5) is 15.2. The maximum absolute atomic E-state index is 13.2. The Morgan fingerprint density at radius 3 is 2.54 bits per heavy atom. The van der Waals surface area contributed by atoms with E-state index in [1.165, 1.54) is 10.4 Å². The van der Waals surface area contributed by atoms with Crippen LogP contribution in [0.4, 0.5) is 0 Å². The Kier molecular flexibility index (Phi) is 6.58. The van der Waals surface area contributed by atoms with Crippen LogP contribution < -0.4 is 0 Å². The van der Waals surface area contributed by atoms with Gasteiger partial charge in [-0.3, -0.25) is 4.79 Å². The monoisotopic (exact) mass is 501 g/mol. The van der Waals surface area contributed by atoms with Gasteiger partial charge >= 0.3 is 0 Å². The summed E-state index contributed by atoms with van der Waals surface area (Å²) < 4.78 is 34.7. The molecule has 2 fully saturated rings. The van der Waals surface area contributed by atoms with Gasteiger partial charge in [0.2, 0.25) is 15.9 Å². The number of benzene rings is 1. The van der Waals surface area contributed by atoms with Crippen molar-refractivity contribution in [3.8, 4) is 0 Å². The number of likely N-dealkylation sites (tertiary alicyclic amines) is 1. The Morgan fingerprint density at radius 2 is 1.83 bits per heavy atom. The summed E-state index contributed by atoms with van der Waals surface area (Å²) in [5, 5.41) is 15.8. The topological polar surface area (TPSA) is 127 Å². The highest BCUT2D eigenvalue weighted by Gasteiger charge is 2.36. The molecular weight excluding hydrogens is 470 g/mol. The lowest BCUT2D eigenvalue weighted by atomic mass is 9.90. The number of fused-ring (bicyclic) bond motifs is 1. The Labute approximate surface area is 204 Å². The van der Waals surface area contributed by atoms with Crippen LogP contribution in [0.15, 0.2) is 34.1 Å². The van der Waals surface area contributed by atoms with E-state index in [1.807, 2.05) is 4.90 Å². The first-order valence-corrected chi connectivity index (χ1v) is 13.7. The Bertz CT molecular complexity index is 1290. The molecule has 12 heteroatoms. The second-order valence-electron chi connectivity index (χ2n) is 9.79. The van der Waals surface area contributed by atoms with E-state index in [-0.39, 0.29) is 22.2 Å². The number of piperidine rings is 2. The summed E-state index contributed by atoms with van der Waals surface area (Å²) in [5.41, 5.74) is 0.643. The number of nitrogens with zero attached hydrogens (tertiary/aromatic N) is 7. The first-order valence-electron chi connectivity index (χ1n) is 12.2. The molecule has 11 nitrogen and oxygen atoms in total. The fraction of sp³-hybridized carbons (Fsp3) is 0.609. The number of aromatic nitrogens is 5. The quantitative estimate of drug-likeness (QED) is 0.503. The van der Waals surface area contributed by atoms with Crippen LogP contribution in [-0.2, 0) is 21.2 Å². The third kappa shape index (κ3) is 4.68. The second kappa shape index (κ2) is 9.65. The fourth-order valence-electron chi connectivity index (χ4n) is 5.19. The summed E-state index contributed by atoms with van der Waals surface area (Å²) in [6.45, 7) is 6.33. The van der Waals surface area contributed by atoms with Crippen molar-refractivity contribution in [2.45, 2.75) is 56.9 Å². The minimum Gasteiger partial charge on any atom is -0.342 e. The van der Waals surface area contributed by atoms with Crippen LogP contribution in [0, 0.1) is 11.8 Å². The standard InChI is InChI=1S/C23H31N7O4S/c1-16(2)30-15-24-25-21(30)14-17-6-10-28(11-7-17)23(31)18-8-12-29(13-9-18)35(32,33)20-5-3-4-19-22(20)27-34-26-19/h3-5,15-18H,6-14H2,1-2H3.